The van der Waals surface area contributed by atoms with Gasteiger partial charge < -0.3 is 0 Å². The van der Waals surface area contributed by atoms with Crippen molar-refractivity contribution in [3.05, 3.63) is 118 Å². The van der Waals surface area contributed by atoms with Crippen molar-refractivity contribution < 1.29 is 29.4 Å². The third-order valence-corrected chi connectivity index (χ3v) is 29.8. The first kappa shape index (κ1) is 35.7. The van der Waals surface area contributed by atoms with Crippen LogP contribution in [0.25, 0.3) is 34.4 Å². The number of rotatable bonds is 12. The minimum Gasteiger partial charge on any atom is -0.147 e. The van der Waals surface area contributed by atoms with E-state index >= 15 is 0 Å². The van der Waals surface area contributed by atoms with Gasteiger partial charge in [0.15, 0.2) is 0 Å². The average molecular weight is 834 g/mol. The number of halogens is 2. The van der Waals surface area contributed by atoms with Crippen LogP contribution in [0.5, 0.6) is 11.5 Å². The standard InChI is InChI=1S/2C20H21O.C2H4.2ClH.Hf/c2*1-3-4-6-15-13-17-7-5-8-19(20(17)14-15)16-9-11-18(21-2)12-10-16;1-2;;;/h2*5,7-14H,3-4,6H2,1-2H3;1-2H2;2*1H;. The minimum atomic E-state index is -2.97. The van der Waals surface area contributed by atoms with Gasteiger partial charge in [-0.05, 0) is 0 Å². The summed E-state index contributed by atoms with van der Waals surface area (Å²) >= 11 is -2.97. The molecule has 1 fully saturated rings. The molecule has 0 amide bonds. The molecular weight excluding hydrogens is 786 g/mol. The Labute approximate surface area is 298 Å². The van der Waals surface area contributed by atoms with Crippen molar-refractivity contribution in [2.45, 2.75) is 68.1 Å². The molecule has 2 nitrogen and oxygen atoms in total. The molecule has 246 valence electrons. The van der Waals surface area contributed by atoms with E-state index in [0.29, 0.717) is 7.35 Å². The Hall–Kier alpha value is -2.59. The van der Waals surface area contributed by atoms with Crippen molar-refractivity contribution in [2.24, 2.45) is 0 Å². The van der Waals surface area contributed by atoms with Gasteiger partial charge in [0.05, 0.1) is 0 Å². The first-order valence-electron chi connectivity index (χ1n) is 17.1. The molecule has 4 aromatic rings. The van der Waals surface area contributed by atoms with Crippen LogP contribution in [-0.2, 0) is 20.0 Å². The first-order valence-corrected chi connectivity index (χ1v) is 26.3. The van der Waals surface area contributed by atoms with Crippen LogP contribution in [-0.4, -0.2) is 14.2 Å². The molecule has 2 aliphatic carbocycles. The Kier molecular flexibility index (Phi) is 11.6. The second-order valence-corrected chi connectivity index (χ2v) is 29.9. The summed E-state index contributed by atoms with van der Waals surface area (Å²) in [4.78, 5) is 0. The molecule has 2 unspecified atom stereocenters. The summed E-state index contributed by atoms with van der Waals surface area (Å²) < 4.78 is 15.4. The van der Waals surface area contributed by atoms with E-state index in [9.17, 15) is 0 Å². The van der Waals surface area contributed by atoms with Crippen LogP contribution < -0.4 is 9.47 Å². The summed E-state index contributed by atoms with van der Waals surface area (Å²) in [6, 6.07) is 31.7. The van der Waals surface area contributed by atoms with E-state index in [-0.39, 0.29) is 24.8 Å². The SMILES string of the molecule is CCCCC1=Cc2c(-c3ccc(OC)cc3)cccc2[CH]1[Hf]1([CH]2C(CCCC)=Cc3c(-c4ccc(OC)cc4)cccc32)[CH2][CH2]1.Cl.Cl. The third kappa shape index (κ3) is 6.57. The Morgan fingerprint density at radius 2 is 0.979 bits per heavy atom. The van der Waals surface area contributed by atoms with Crippen molar-refractivity contribution in [1.29, 1.82) is 0 Å². The average Bonchev–Trinajstić information content (AvgIpc) is 3.63. The fourth-order valence-electron chi connectivity index (χ4n) is 8.41. The van der Waals surface area contributed by atoms with Crippen molar-refractivity contribution in [1.82, 2.24) is 0 Å². The normalized spacial score (nSPS) is 18.2. The smallest absolute Gasteiger partial charge is 0.147 e. The maximum Gasteiger partial charge on any atom is -0.147 e. The topological polar surface area (TPSA) is 18.5 Å². The molecule has 4 aromatic carbocycles. The second-order valence-electron chi connectivity index (χ2n) is 13.3. The van der Waals surface area contributed by atoms with Gasteiger partial charge >= 0.3 is 276 Å². The molecule has 3 aliphatic rings. The molecule has 0 saturated carbocycles. The molecular formula is C42H48Cl2HfO2. The second kappa shape index (κ2) is 15.3. The molecule has 47 heavy (non-hydrogen) atoms. The molecule has 0 bridgehead atoms. The Morgan fingerprint density at radius 1 is 0.574 bits per heavy atom. The van der Waals surface area contributed by atoms with E-state index in [0.717, 1.165) is 11.5 Å². The molecule has 0 spiro atoms. The van der Waals surface area contributed by atoms with Gasteiger partial charge in [-0.1, -0.05) is 0 Å². The summed E-state index contributed by atoms with van der Waals surface area (Å²) in [5.41, 5.74) is 15.1. The van der Waals surface area contributed by atoms with Crippen LogP contribution in [0.15, 0.2) is 96.1 Å². The summed E-state index contributed by atoms with van der Waals surface area (Å²) in [6.07, 6.45) is 12.8. The summed E-state index contributed by atoms with van der Waals surface area (Å²) in [6.45, 7) is 4.69. The van der Waals surface area contributed by atoms with E-state index in [2.05, 4.69) is 111 Å². The summed E-state index contributed by atoms with van der Waals surface area (Å²) in [7, 11) is 3.49. The van der Waals surface area contributed by atoms with Crippen LogP contribution in [0.3, 0.4) is 0 Å². The Balaban J connectivity index is 0.00000217. The van der Waals surface area contributed by atoms with Crippen LogP contribution in [0.1, 0.15) is 82.0 Å². The van der Waals surface area contributed by atoms with Gasteiger partial charge in [0.1, 0.15) is 0 Å². The third-order valence-electron chi connectivity index (χ3n) is 10.7. The predicted molar refractivity (Wildman–Crippen MR) is 201 cm³/mol. The van der Waals surface area contributed by atoms with Crippen LogP contribution in [0.2, 0.25) is 8.35 Å². The number of ether oxygens (including phenoxy) is 2. The Morgan fingerprint density at radius 3 is 1.32 bits per heavy atom. The molecule has 0 aromatic heterocycles. The number of hydrogen-bond donors (Lipinski definition) is 0. The van der Waals surface area contributed by atoms with Gasteiger partial charge in [0, 0.05) is 0 Å². The fourth-order valence-corrected chi connectivity index (χ4v) is 36.5. The van der Waals surface area contributed by atoms with E-state index in [4.69, 9.17) is 9.47 Å². The summed E-state index contributed by atoms with van der Waals surface area (Å²) in [5.74, 6) is 1.83. The van der Waals surface area contributed by atoms with Gasteiger partial charge in [0.2, 0.25) is 0 Å². The van der Waals surface area contributed by atoms with Gasteiger partial charge in [-0.25, -0.2) is 0 Å². The number of methoxy groups -OCH3 is 2. The van der Waals surface area contributed by atoms with E-state index < -0.39 is 20.0 Å². The summed E-state index contributed by atoms with van der Waals surface area (Å²) in [5, 5.41) is 0. The Bertz CT molecular complexity index is 1630. The maximum atomic E-state index is 5.49. The van der Waals surface area contributed by atoms with Gasteiger partial charge in [-0.2, -0.15) is 0 Å². The van der Waals surface area contributed by atoms with Crippen molar-refractivity contribution in [3.8, 4) is 33.8 Å². The molecule has 0 radical (unpaired) electrons. The fraction of sp³-hybridized carbons (Fsp3) is 0.333. The minimum absolute atomic E-state index is 0. The maximum absolute atomic E-state index is 5.49. The largest absolute Gasteiger partial charge is 0.147 e. The molecule has 2 atom stereocenters. The quantitative estimate of drug-likeness (QED) is 0.132. The molecule has 1 aliphatic heterocycles. The van der Waals surface area contributed by atoms with E-state index in [1.54, 1.807) is 36.5 Å². The van der Waals surface area contributed by atoms with Gasteiger partial charge in [0.25, 0.3) is 0 Å². The van der Waals surface area contributed by atoms with Crippen molar-refractivity contribution in [2.75, 3.05) is 14.2 Å². The molecule has 0 N–H and O–H groups in total. The predicted octanol–water partition coefficient (Wildman–Crippen LogP) is 12.8. The number of benzene rings is 4. The van der Waals surface area contributed by atoms with E-state index in [1.165, 1.54) is 80.3 Å². The number of unbranched alkanes of at least 4 members (excludes halogenated alkanes) is 2. The number of hydrogen-bond acceptors (Lipinski definition) is 2. The van der Waals surface area contributed by atoms with Crippen LogP contribution in [0.4, 0.5) is 0 Å². The molecule has 7 rings (SSSR count). The van der Waals surface area contributed by atoms with Crippen LogP contribution >= 0.6 is 24.8 Å². The first-order chi connectivity index (χ1) is 22.1. The van der Waals surface area contributed by atoms with Crippen LogP contribution in [0, 0.1) is 0 Å². The number of fused-ring (bicyclic) bond motifs is 2. The van der Waals surface area contributed by atoms with Crippen molar-refractivity contribution in [3.63, 3.8) is 0 Å². The number of allylic oxidation sites excluding steroid dienone is 2. The zero-order valence-electron chi connectivity index (χ0n) is 28.2. The molecule has 1 saturated heterocycles. The molecule has 5 heteroatoms. The van der Waals surface area contributed by atoms with Gasteiger partial charge in [-0.15, -0.1) is 24.8 Å². The van der Waals surface area contributed by atoms with Gasteiger partial charge in [-0.3, -0.25) is 0 Å². The molecule has 1 heterocycles. The monoisotopic (exact) mass is 834 g/mol. The zero-order valence-corrected chi connectivity index (χ0v) is 33.4. The zero-order chi connectivity index (χ0) is 31.0. The van der Waals surface area contributed by atoms with E-state index in [1.807, 2.05) is 0 Å². The van der Waals surface area contributed by atoms with Crippen molar-refractivity contribution >= 4 is 37.0 Å².